The highest BCUT2D eigenvalue weighted by molar-refractivity contribution is 7.54. The SMILES string of the molecule is Cc1ccc(NC(c2c[nH]c3ccccc23)P2(=O)OCC(C)(C)CO2)cc1. The lowest BCUT2D eigenvalue weighted by Crippen LogP contribution is -2.31. The maximum Gasteiger partial charge on any atom is 0.357 e. The summed E-state index contributed by atoms with van der Waals surface area (Å²) in [5.41, 5.74) is 3.77. The number of aromatic nitrogens is 1. The molecular weight excluding hydrogens is 359 g/mol. The van der Waals surface area contributed by atoms with Gasteiger partial charge in [-0.1, -0.05) is 49.7 Å². The second-order valence-electron chi connectivity index (χ2n) is 7.95. The summed E-state index contributed by atoms with van der Waals surface area (Å²) in [6, 6.07) is 16.0. The summed E-state index contributed by atoms with van der Waals surface area (Å²) in [4.78, 5) is 3.26. The van der Waals surface area contributed by atoms with Gasteiger partial charge >= 0.3 is 7.60 Å². The molecule has 6 heteroatoms. The van der Waals surface area contributed by atoms with Gasteiger partial charge in [0, 0.05) is 33.8 Å². The van der Waals surface area contributed by atoms with Crippen LogP contribution in [0.3, 0.4) is 0 Å². The van der Waals surface area contributed by atoms with Crippen LogP contribution in [-0.4, -0.2) is 18.2 Å². The van der Waals surface area contributed by atoms with E-state index in [1.807, 2.05) is 75.5 Å². The Hall–Kier alpha value is -2.07. The third kappa shape index (κ3) is 3.68. The van der Waals surface area contributed by atoms with Gasteiger partial charge in [0.2, 0.25) is 0 Å². The normalized spacial score (nSPS) is 19.7. The molecule has 1 saturated heterocycles. The number of rotatable bonds is 4. The Kier molecular flexibility index (Phi) is 4.63. The van der Waals surface area contributed by atoms with Crippen LogP contribution in [0.25, 0.3) is 10.9 Å². The number of aryl methyl sites for hydroxylation is 1. The van der Waals surface area contributed by atoms with E-state index in [1.54, 1.807) is 0 Å². The molecule has 5 nitrogen and oxygen atoms in total. The van der Waals surface area contributed by atoms with Crippen LogP contribution in [-0.2, 0) is 13.6 Å². The first-order valence-corrected chi connectivity index (χ1v) is 10.8. The molecule has 2 N–H and O–H groups in total. The predicted molar refractivity (Wildman–Crippen MR) is 109 cm³/mol. The maximum absolute atomic E-state index is 13.7. The van der Waals surface area contributed by atoms with Crippen molar-refractivity contribution in [3.8, 4) is 0 Å². The molecule has 0 saturated carbocycles. The molecule has 0 amide bonds. The Morgan fingerprint density at radius 2 is 1.74 bits per heavy atom. The highest BCUT2D eigenvalue weighted by Gasteiger charge is 2.44. The van der Waals surface area contributed by atoms with E-state index >= 15 is 0 Å². The summed E-state index contributed by atoms with van der Waals surface area (Å²) in [5, 5.41) is 4.41. The third-order valence-electron chi connectivity index (χ3n) is 4.86. The Labute approximate surface area is 159 Å². The zero-order chi connectivity index (χ0) is 19.1. The summed E-state index contributed by atoms with van der Waals surface area (Å²) in [7, 11) is -3.41. The van der Waals surface area contributed by atoms with Crippen LogP contribution in [0.4, 0.5) is 5.69 Å². The monoisotopic (exact) mass is 384 g/mol. The van der Waals surface area contributed by atoms with Gasteiger partial charge < -0.3 is 19.3 Å². The van der Waals surface area contributed by atoms with Gasteiger partial charge in [-0.15, -0.1) is 0 Å². The largest absolute Gasteiger partial charge is 0.368 e. The Morgan fingerprint density at radius 1 is 1.07 bits per heavy atom. The minimum atomic E-state index is -3.41. The van der Waals surface area contributed by atoms with Crippen molar-refractivity contribution in [3.63, 3.8) is 0 Å². The van der Waals surface area contributed by atoms with E-state index in [0.717, 1.165) is 22.2 Å². The van der Waals surface area contributed by atoms with E-state index in [1.165, 1.54) is 5.56 Å². The van der Waals surface area contributed by atoms with Gasteiger partial charge in [-0.05, 0) is 25.1 Å². The van der Waals surface area contributed by atoms with Gasteiger partial charge in [0.05, 0.1) is 13.2 Å². The molecule has 1 atom stereocenters. The second-order valence-corrected chi connectivity index (χ2v) is 10.1. The number of hydrogen-bond acceptors (Lipinski definition) is 4. The summed E-state index contributed by atoms with van der Waals surface area (Å²) >= 11 is 0. The number of fused-ring (bicyclic) bond motifs is 1. The molecule has 0 bridgehead atoms. The molecule has 1 aromatic heterocycles. The quantitative estimate of drug-likeness (QED) is 0.554. The Bertz CT molecular complexity index is 980. The number of para-hydroxylation sites is 1. The number of anilines is 1. The highest BCUT2D eigenvalue weighted by Crippen LogP contribution is 2.64. The van der Waals surface area contributed by atoms with Crippen molar-refractivity contribution in [1.29, 1.82) is 0 Å². The van der Waals surface area contributed by atoms with Crippen molar-refractivity contribution in [2.75, 3.05) is 18.5 Å². The molecule has 0 radical (unpaired) electrons. The minimum absolute atomic E-state index is 0.150. The van der Waals surface area contributed by atoms with E-state index < -0.39 is 13.4 Å². The third-order valence-corrected chi connectivity index (χ3v) is 6.88. The highest BCUT2D eigenvalue weighted by atomic mass is 31.2. The van der Waals surface area contributed by atoms with Crippen LogP contribution in [0, 0.1) is 12.3 Å². The molecular formula is C21H25N2O3P. The van der Waals surface area contributed by atoms with Crippen LogP contribution in [0.15, 0.2) is 54.7 Å². The molecule has 142 valence electrons. The molecule has 1 aliphatic heterocycles. The van der Waals surface area contributed by atoms with E-state index in [2.05, 4.69) is 10.3 Å². The lowest BCUT2D eigenvalue weighted by Gasteiger charge is -2.37. The first-order valence-electron chi connectivity index (χ1n) is 9.14. The summed E-state index contributed by atoms with van der Waals surface area (Å²) in [5.74, 6) is -0.590. The van der Waals surface area contributed by atoms with E-state index in [4.69, 9.17) is 9.05 Å². The zero-order valence-electron chi connectivity index (χ0n) is 15.9. The molecule has 3 aromatic rings. The molecule has 1 fully saturated rings. The van der Waals surface area contributed by atoms with Crippen LogP contribution in [0.1, 0.15) is 30.8 Å². The van der Waals surface area contributed by atoms with Gasteiger partial charge in [-0.25, -0.2) is 0 Å². The molecule has 1 aliphatic rings. The van der Waals surface area contributed by atoms with E-state index in [-0.39, 0.29) is 5.41 Å². The first-order chi connectivity index (χ1) is 12.9. The fourth-order valence-electron chi connectivity index (χ4n) is 3.21. The van der Waals surface area contributed by atoms with Gasteiger partial charge in [0.25, 0.3) is 0 Å². The van der Waals surface area contributed by atoms with Gasteiger partial charge in [-0.3, -0.25) is 4.57 Å². The van der Waals surface area contributed by atoms with Gasteiger partial charge in [0.15, 0.2) is 5.78 Å². The molecule has 4 rings (SSSR count). The smallest absolute Gasteiger partial charge is 0.357 e. The number of hydrogen-bond donors (Lipinski definition) is 2. The minimum Gasteiger partial charge on any atom is -0.368 e. The standard InChI is InChI=1S/C21H25N2O3P/c1-15-8-10-16(11-9-15)23-20(27(24)25-13-21(2,3)14-26-27)18-12-22-19-7-5-4-6-17(18)19/h4-12,20,22-23H,13-14H2,1-3H3. The summed E-state index contributed by atoms with van der Waals surface area (Å²) in [6.07, 6.45) is 1.89. The first kappa shape index (κ1) is 18.3. The van der Waals surface area contributed by atoms with Crippen LogP contribution < -0.4 is 5.32 Å². The van der Waals surface area contributed by atoms with Crippen LogP contribution >= 0.6 is 7.60 Å². The van der Waals surface area contributed by atoms with Crippen molar-refractivity contribution in [1.82, 2.24) is 4.98 Å². The lowest BCUT2D eigenvalue weighted by molar-refractivity contribution is 0.0388. The fourth-order valence-corrected chi connectivity index (χ4v) is 5.51. The predicted octanol–water partition coefficient (Wildman–Crippen LogP) is 5.85. The molecule has 27 heavy (non-hydrogen) atoms. The maximum atomic E-state index is 13.7. The second kappa shape index (κ2) is 6.83. The number of nitrogens with one attached hydrogen (secondary N) is 2. The molecule has 2 heterocycles. The van der Waals surface area contributed by atoms with Crippen molar-refractivity contribution < 1.29 is 13.6 Å². The van der Waals surface area contributed by atoms with Crippen molar-refractivity contribution in [2.24, 2.45) is 5.41 Å². The number of H-pyrrole nitrogens is 1. The van der Waals surface area contributed by atoms with Crippen molar-refractivity contribution in [2.45, 2.75) is 26.6 Å². The zero-order valence-corrected chi connectivity index (χ0v) is 16.8. The van der Waals surface area contributed by atoms with Crippen LogP contribution in [0.2, 0.25) is 0 Å². The topological polar surface area (TPSA) is 63.4 Å². The number of benzene rings is 2. The Morgan fingerprint density at radius 3 is 2.44 bits per heavy atom. The lowest BCUT2D eigenvalue weighted by atomic mass is 9.97. The molecule has 1 unspecified atom stereocenters. The average Bonchev–Trinajstić information content (AvgIpc) is 3.08. The molecule has 2 aromatic carbocycles. The molecule has 0 aliphatic carbocycles. The molecule has 0 spiro atoms. The van der Waals surface area contributed by atoms with Crippen LogP contribution in [0.5, 0.6) is 0 Å². The summed E-state index contributed by atoms with van der Waals surface area (Å²) < 4.78 is 25.5. The van der Waals surface area contributed by atoms with Crippen molar-refractivity contribution >= 4 is 24.2 Å². The average molecular weight is 384 g/mol. The van der Waals surface area contributed by atoms with E-state index in [0.29, 0.717) is 13.2 Å². The van der Waals surface area contributed by atoms with E-state index in [9.17, 15) is 4.57 Å². The van der Waals surface area contributed by atoms with Crippen molar-refractivity contribution in [3.05, 3.63) is 65.9 Å². The van der Waals surface area contributed by atoms with Gasteiger partial charge in [-0.2, -0.15) is 0 Å². The fraction of sp³-hybridized carbons (Fsp3) is 0.333. The Balaban J connectivity index is 1.75. The summed E-state index contributed by atoms with van der Waals surface area (Å²) in [6.45, 7) is 6.94. The van der Waals surface area contributed by atoms with Gasteiger partial charge in [0.1, 0.15) is 0 Å². The number of aromatic amines is 1.